The van der Waals surface area contributed by atoms with Crippen molar-refractivity contribution in [1.82, 2.24) is 10.2 Å². The fraction of sp³-hybridized carbons (Fsp3) is 0.846. The van der Waals surface area contributed by atoms with Crippen LogP contribution in [0.4, 0.5) is 0 Å². The first-order valence-corrected chi connectivity index (χ1v) is 6.58. The summed E-state index contributed by atoms with van der Waals surface area (Å²) in [6, 6.07) is 0. The van der Waals surface area contributed by atoms with Crippen LogP contribution in [0.1, 0.15) is 39.0 Å². The summed E-state index contributed by atoms with van der Waals surface area (Å²) in [5.74, 6) is 0.465. The summed E-state index contributed by atoms with van der Waals surface area (Å²) in [6.07, 6.45) is 4.47. The van der Waals surface area contributed by atoms with E-state index in [0.29, 0.717) is 18.9 Å². The molecule has 1 spiro atoms. The van der Waals surface area contributed by atoms with E-state index in [2.05, 4.69) is 12.2 Å². The number of carbonyl (C=O) groups is 2. The number of carbonyl (C=O) groups excluding carboxylic acids is 2. The van der Waals surface area contributed by atoms with Crippen LogP contribution in [0, 0.1) is 11.3 Å². The van der Waals surface area contributed by atoms with Crippen LogP contribution in [0.15, 0.2) is 0 Å². The molecule has 1 saturated carbocycles. The average Bonchev–Trinajstić information content (AvgIpc) is 2.82. The number of hydrogen-bond donors (Lipinski definition) is 1. The minimum atomic E-state index is -0.309. The standard InChI is InChI=1S/C13H22N2O2/c1-10(8-14-2)9-15-11(16)7-13(12(15)17)5-3-4-6-13/h10,14H,3-9H2,1-2H3. The number of nitrogens with one attached hydrogen (secondary N) is 1. The maximum Gasteiger partial charge on any atom is 0.235 e. The van der Waals surface area contributed by atoms with E-state index in [9.17, 15) is 9.59 Å². The fourth-order valence-corrected chi connectivity index (χ4v) is 3.21. The number of likely N-dealkylation sites (tertiary alicyclic amines) is 1. The van der Waals surface area contributed by atoms with Gasteiger partial charge in [-0.3, -0.25) is 14.5 Å². The van der Waals surface area contributed by atoms with Gasteiger partial charge in [0.05, 0.1) is 5.41 Å². The molecule has 1 saturated heterocycles. The summed E-state index contributed by atoms with van der Waals surface area (Å²) in [6.45, 7) is 3.47. The maximum absolute atomic E-state index is 12.4. The fourth-order valence-electron chi connectivity index (χ4n) is 3.21. The Kier molecular flexibility index (Phi) is 3.52. The van der Waals surface area contributed by atoms with Gasteiger partial charge in [-0.05, 0) is 32.4 Å². The third-order valence-corrected chi connectivity index (χ3v) is 4.10. The van der Waals surface area contributed by atoms with E-state index in [4.69, 9.17) is 0 Å². The van der Waals surface area contributed by atoms with Crippen molar-refractivity contribution < 1.29 is 9.59 Å². The van der Waals surface area contributed by atoms with E-state index in [1.54, 1.807) is 0 Å². The van der Waals surface area contributed by atoms with E-state index < -0.39 is 0 Å². The predicted molar refractivity (Wildman–Crippen MR) is 65.3 cm³/mol. The van der Waals surface area contributed by atoms with Crippen LogP contribution in [0.25, 0.3) is 0 Å². The van der Waals surface area contributed by atoms with Gasteiger partial charge in [0.2, 0.25) is 11.8 Å². The van der Waals surface area contributed by atoms with Crippen molar-refractivity contribution in [3.05, 3.63) is 0 Å². The number of nitrogens with zero attached hydrogens (tertiary/aromatic N) is 1. The Hall–Kier alpha value is -0.900. The van der Waals surface area contributed by atoms with E-state index in [1.807, 2.05) is 7.05 Å². The van der Waals surface area contributed by atoms with Crippen molar-refractivity contribution in [2.45, 2.75) is 39.0 Å². The summed E-state index contributed by atoms with van der Waals surface area (Å²) in [4.78, 5) is 25.8. The third kappa shape index (κ3) is 2.23. The molecule has 2 aliphatic rings. The van der Waals surface area contributed by atoms with Crippen LogP contribution in [0.2, 0.25) is 0 Å². The van der Waals surface area contributed by atoms with Gasteiger partial charge in [-0.25, -0.2) is 0 Å². The number of rotatable bonds is 4. The lowest BCUT2D eigenvalue weighted by Crippen LogP contribution is -2.39. The Labute approximate surface area is 103 Å². The number of hydrogen-bond acceptors (Lipinski definition) is 3. The Morgan fingerprint density at radius 3 is 2.59 bits per heavy atom. The van der Waals surface area contributed by atoms with Gasteiger partial charge in [0.25, 0.3) is 0 Å². The molecule has 2 amide bonds. The first-order chi connectivity index (χ1) is 8.09. The molecule has 0 aromatic rings. The normalized spacial score (nSPS) is 24.9. The lowest BCUT2D eigenvalue weighted by Gasteiger charge is -2.23. The Bertz CT molecular complexity index is 321. The monoisotopic (exact) mass is 238 g/mol. The van der Waals surface area contributed by atoms with Gasteiger partial charge in [-0.2, -0.15) is 0 Å². The van der Waals surface area contributed by atoms with Crippen molar-refractivity contribution >= 4 is 11.8 Å². The first kappa shape index (κ1) is 12.6. The SMILES string of the molecule is CNCC(C)CN1C(=O)CC2(CCCC2)C1=O. The average molecular weight is 238 g/mol. The van der Waals surface area contributed by atoms with E-state index in [-0.39, 0.29) is 17.2 Å². The second kappa shape index (κ2) is 4.77. The molecule has 4 nitrogen and oxygen atoms in total. The molecule has 0 bridgehead atoms. The molecule has 1 N–H and O–H groups in total. The highest BCUT2D eigenvalue weighted by atomic mass is 16.2. The molecular weight excluding hydrogens is 216 g/mol. The smallest absolute Gasteiger partial charge is 0.235 e. The molecule has 2 rings (SSSR count). The van der Waals surface area contributed by atoms with Crippen LogP contribution >= 0.6 is 0 Å². The molecule has 4 heteroatoms. The quantitative estimate of drug-likeness (QED) is 0.748. The topological polar surface area (TPSA) is 49.4 Å². The molecular formula is C13H22N2O2. The van der Waals surface area contributed by atoms with Gasteiger partial charge in [-0.1, -0.05) is 19.8 Å². The second-order valence-corrected chi connectivity index (χ2v) is 5.64. The van der Waals surface area contributed by atoms with E-state index in [1.165, 1.54) is 4.90 Å². The summed E-state index contributed by atoms with van der Waals surface area (Å²) in [5, 5.41) is 3.08. The largest absolute Gasteiger partial charge is 0.319 e. The lowest BCUT2D eigenvalue weighted by molar-refractivity contribution is -0.142. The molecule has 2 fully saturated rings. The molecule has 0 aromatic carbocycles. The van der Waals surface area contributed by atoms with Crippen LogP contribution < -0.4 is 5.32 Å². The summed E-state index contributed by atoms with van der Waals surface area (Å²) < 4.78 is 0. The summed E-state index contributed by atoms with van der Waals surface area (Å²) in [5.41, 5.74) is -0.309. The second-order valence-electron chi connectivity index (χ2n) is 5.64. The third-order valence-electron chi connectivity index (χ3n) is 4.10. The van der Waals surface area contributed by atoms with Gasteiger partial charge in [0, 0.05) is 13.0 Å². The summed E-state index contributed by atoms with van der Waals surface area (Å²) in [7, 11) is 1.89. The molecule has 1 heterocycles. The minimum absolute atomic E-state index is 0.0415. The zero-order chi connectivity index (χ0) is 12.5. The zero-order valence-electron chi connectivity index (χ0n) is 10.8. The first-order valence-electron chi connectivity index (χ1n) is 6.58. The highest BCUT2D eigenvalue weighted by Crippen LogP contribution is 2.46. The van der Waals surface area contributed by atoms with Gasteiger partial charge in [-0.15, -0.1) is 0 Å². The summed E-state index contributed by atoms with van der Waals surface area (Å²) >= 11 is 0. The van der Waals surface area contributed by atoms with Gasteiger partial charge < -0.3 is 5.32 Å². The predicted octanol–water partition coefficient (Wildman–Crippen LogP) is 1.16. The van der Waals surface area contributed by atoms with Crippen LogP contribution in [-0.2, 0) is 9.59 Å². The van der Waals surface area contributed by atoms with Crippen molar-refractivity contribution in [3.63, 3.8) is 0 Å². The molecule has 17 heavy (non-hydrogen) atoms. The minimum Gasteiger partial charge on any atom is -0.319 e. The van der Waals surface area contributed by atoms with Gasteiger partial charge >= 0.3 is 0 Å². The molecule has 1 aliphatic heterocycles. The highest BCUT2D eigenvalue weighted by molar-refractivity contribution is 6.06. The Morgan fingerprint density at radius 1 is 1.35 bits per heavy atom. The Balaban J connectivity index is 2.04. The number of imide groups is 1. The van der Waals surface area contributed by atoms with Crippen LogP contribution in [0.5, 0.6) is 0 Å². The molecule has 1 atom stereocenters. The van der Waals surface area contributed by atoms with Gasteiger partial charge in [0.1, 0.15) is 0 Å². The molecule has 0 aromatic heterocycles. The van der Waals surface area contributed by atoms with Gasteiger partial charge in [0.15, 0.2) is 0 Å². The molecule has 1 unspecified atom stereocenters. The highest BCUT2D eigenvalue weighted by Gasteiger charge is 2.52. The number of amides is 2. The molecule has 96 valence electrons. The zero-order valence-corrected chi connectivity index (χ0v) is 10.8. The van der Waals surface area contributed by atoms with Crippen molar-refractivity contribution in [2.24, 2.45) is 11.3 Å². The Morgan fingerprint density at radius 2 is 2.00 bits per heavy atom. The van der Waals surface area contributed by atoms with Crippen LogP contribution in [-0.4, -0.2) is 36.9 Å². The molecule has 0 radical (unpaired) electrons. The maximum atomic E-state index is 12.4. The van der Waals surface area contributed by atoms with Crippen molar-refractivity contribution in [1.29, 1.82) is 0 Å². The van der Waals surface area contributed by atoms with Crippen LogP contribution in [0.3, 0.4) is 0 Å². The van der Waals surface area contributed by atoms with E-state index in [0.717, 1.165) is 32.2 Å². The lowest BCUT2D eigenvalue weighted by atomic mass is 9.84. The molecule has 1 aliphatic carbocycles. The van der Waals surface area contributed by atoms with Crippen molar-refractivity contribution in [3.8, 4) is 0 Å². The van der Waals surface area contributed by atoms with Crippen molar-refractivity contribution in [2.75, 3.05) is 20.1 Å². The van der Waals surface area contributed by atoms with E-state index >= 15 is 0 Å².